The minimum atomic E-state index is 0.186. The zero-order valence-electron chi connectivity index (χ0n) is 8.90. The molecule has 2 heterocycles. The van der Waals surface area contributed by atoms with Gasteiger partial charge in [-0.05, 0) is 31.3 Å². The molecule has 0 unspecified atom stereocenters. The molecule has 0 bridgehead atoms. The van der Waals surface area contributed by atoms with Crippen LogP contribution in [0.4, 0.5) is 0 Å². The van der Waals surface area contributed by atoms with Crippen LogP contribution < -0.4 is 5.32 Å². The van der Waals surface area contributed by atoms with E-state index in [1.165, 1.54) is 0 Å². The average molecular weight is 224 g/mol. The SMILES string of the molecule is CNC1CCN(C(=O)c2ccsc2)CC1. The Balaban J connectivity index is 1.93. The van der Waals surface area contributed by atoms with E-state index >= 15 is 0 Å². The van der Waals surface area contributed by atoms with Crippen LogP contribution >= 0.6 is 11.3 Å². The minimum absolute atomic E-state index is 0.186. The van der Waals surface area contributed by atoms with Crippen LogP contribution in [-0.2, 0) is 0 Å². The highest BCUT2D eigenvalue weighted by atomic mass is 32.1. The largest absolute Gasteiger partial charge is 0.339 e. The molecule has 0 saturated carbocycles. The highest BCUT2D eigenvalue weighted by molar-refractivity contribution is 7.08. The molecule has 82 valence electrons. The van der Waals surface area contributed by atoms with Gasteiger partial charge in [-0.2, -0.15) is 11.3 Å². The number of hydrogen-bond donors (Lipinski definition) is 1. The molecule has 0 spiro atoms. The Kier molecular flexibility index (Phi) is 3.38. The summed E-state index contributed by atoms with van der Waals surface area (Å²) >= 11 is 1.58. The molecule has 4 heteroatoms. The van der Waals surface area contributed by atoms with Crippen LogP contribution in [0.15, 0.2) is 16.8 Å². The van der Waals surface area contributed by atoms with Gasteiger partial charge in [-0.25, -0.2) is 0 Å². The number of carbonyl (C=O) groups excluding carboxylic acids is 1. The zero-order chi connectivity index (χ0) is 10.7. The third-order valence-corrected chi connectivity index (χ3v) is 3.64. The van der Waals surface area contributed by atoms with E-state index in [4.69, 9.17) is 0 Å². The molecule has 1 aromatic rings. The van der Waals surface area contributed by atoms with Crippen LogP contribution in [0.5, 0.6) is 0 Å². The Morgan fingerprint density at radius 1 is 1.53 bits per heavy atom. The second-order valence-corrected chi connectivity index (χ2v) is 4.65. The average Bonchev–Trinajstić information content (AvgIpc) is 2.82. The van der Waals surface area contributed by atoms with E-state index in [2.05, 4.69) is 5.32 Å². The number of amides is 1. The molecule has 1 aliphatic heterocycles. The molecule has 1 fully saturated rings. The van der Waals surface area contributed by atoms with Crippen LogP contribution in [0.1, 0.15) is 23.2 Å². The molecule has 1 aromatic heterocycles. The van der Waals surface area contributed by atoms with Gasteiger partial charge in [0.05, 0.1) is 5.56 Å². The first kappa shape index (κ1) is 10.6. The molecule has 15 heavy (non-hydrogen) atoms. The number of hydrogen-bond acceptors (Lipinski definition) is 3. The van der Waals surface area contributed by atoms with E-state index in [9.17, 15) is 4.79 Å². The van der Waals surface area contributed by atoms with E-state index in [-0.39, 0.29) is 5.91 Å². The van der Waals surface area contributed by atoms with Gasteiger partial charge in [-0.3, -0.25) is 4.79 Å². The van der Waals surface area contributed by atoms with Crippen LogP contribution in [-0.4, -0.2) is 37.0 Å². The summed E-state index contributed by atoms with van der Waals surface area (Å²) in [7, 11) is 1.99. The van der Waals surface area contributed by atoms with Crippen LogP contribution in [0.3, 0.4) is 0 Å². The summed E-state index contributed by atoms with van der Waals surface area (Å²) in [4.78, 5) is 13.9. The quantitative estimate of drug-likeness (QED) is 0.827. The maximum absolute atomic E-state index is 12.0. The molecule has 0 radical (unpaired) electrons. The van der Waals surface area contributed by atoms with Crippen molar-refractivity contribution in [3.05, 3.63) is 22.4 Å². The zero-order valence-corrected chi connectivity index (χ0v) is 9.72. The summed E-state index contributed by atoms with van der Waals surface area (Å²) in [5.74, 6) is 0.186. The molecule has 2 rings (SSSR count). The lowest BCUT2D eigenvalue weighted by atomic mass is 10.0. The Morgan fingerprint density at radius 2 is 2.27 bits per heavy atom. The maximum atomic E-state index is 12.0. The van der Waals surface area contributed by atoms with Crippen molar-refractivity contribution >= 4 is 17.2 Å². The van der Waals surface area contributed by atoms with Gasteiger partial charge in [0.2, 0.25) is 0 Å². The molecule has 0 atom stereocenters. The van der Waals surface area contributed by atoms with Crippen molar-refractivity contribution in [3.8, 4) is 0 Å². The summed E-state index contributed by atoms with van der Waals surface area (Å²) in [5, 5.41) is 7.14. The van der Waals surface area contributed by atoms with E-state index in [0.29, 0.717) is 6.04 Å². The molecule has 1 saturated heterocycles. The second-order valence-electron chi connectivity index (χ2n) is 3.87. The van der Waals surface area contributed by atoms with Crippen molar-refractivity contribution in [3.63, 3.8) is 0 Å². The summed E-state index contributed by atoms with van der Waals surface area (Å²) in [6, 6.07) is 2.48. The fraction of sp³-hybridized carbons (Fsp3) is 0.545. The lowest BCUT2D eigenvalue weighted by Crippen LogP contribution is -2.43. The molecule has 3 nitrogen and oxygen atoms in total. The predicted octanol–water partition coefficient (Wildman–Crippen LogP) is 1.57. The van der Waals surface area contributed by atoms with Crippen molar-refractivity contribution in [2.45, 2.75) is 18.9 Å². The summed E-state index contributed by atoms with van der Waals surface area (Å²) < 4.78 is 0. The highest BCUT2D eigenvalue weighted by Crippen LogP contribution is 2.15. The predicted molar refractivity (Wildman–Crippen MR) is 62.3 cm³/mol. The minimum Gasteiger partial charge on any atom is -0.339 e. The topological polar surface area (TPSA) is 32.3 Å². The van der Waals surface area contributed by atoms with Crippen molar-refractivity contribution < 1.29 is 4.79 Å². The van der Waals surface area contributed by atoms with Gasteiger partial charge in [0.25, 0.3) is 5.91 Å². The lowest BCUT2D eigenvalue weighted by Gasteiger charge is -2.31. The van der Waals surface area contributed by atoms with Crippen molar-refractivity contribution in [1.82, 2.24) is 10.2 Å². The standard InChI is InChI=1S/C11H16N2OS/c1-12-10-2-5-13(6-3-10)11(14)9-4-7-15-8-9/h4,7-8,10,12H,2-3,5-6H2,1H3. The Labute approximate surface area is 94.1 Å². The Morgan fingerprint density at radius 3 is 2.80 bits per heavy atom. The van der Waals surface area contributed by atoms with Gasteiger partial charge in [-0.1, -0.05) is 0 Å². The third-order valence-electron chi connectivity index (χ3n) is 2.96. The van der Waals surface area contributed by atoms with Crippen LogP contribution in [0.25, 0.3) is 0 Å². The van der Waals surface area contributed by atoms with Gasteiger partial charge in [-0.15, -0.1) is 0 Å². The molecule has 0 aromatic carbocycles. The van der Waals surface area contributed by atoms with E-state index in [1.54, 1.807) is 11.3 Å². The Bertz CT molecular complexity index is 315. The monoisotopic (exact) mass is 224 g/mol. The van der Waals surface area contributed by atoms with Crippen LogP contribution in [0, 0.1) is 0 Å². The maximum Gasteiger partial charge on any atom is 0.254 e. The molecule has 1 N–H and O–H groups in total. The number of likely N-dealkylation sites (tertiary alicyclic amines) is 1. The molecular formula is C11H16N2OS. The van der Waals surface area contributed by atoms with Gasteiger partial charge < -0.3 is 10.2 Å². The fourth-order valence-corrected chi connectivity index (χ4v) is 2.57. The van der Waals surface area contributed by atoms with E-state index in [1.807, 2.05) is 28.8 Å². The number of piperidine rings is 1. The molecule has 1 aliphatic rings. The van der Waals surface area contributed by atoms with Crippen molar-refractivity contribution in [2.75, 3.05) is 20.1 Å². The van der Waals surface area contributed by atoms with Gasteiger partial charge in [0.15, 0.2) is 0 Å². The summed E-state index contributed by atoms with van der Waals surface area (Å²) in [6.45, 7) is 1.75. The summed E-state index contributed by atoms with van der Waals surface area (Å²) in [6.07, 6.45) is 2.12. The first-order chi connectivity index (χ1) is 7.31. The highest BCUT2D eigenvalue weighted by Gasteiger charge is 2.22. The number of rotatable bonds is 2. The van der Waals surface area contributed by atoms with Gasteiger partial charge in [0.1, 0.15) is 0 Å². The molecule has 1 amide bonds. The number of carbonyl (C=O) groups is 1. The molecular weight excluding hydrogens is 208 g/mol. The number of thiophene rings is 1. The van der Waals surface area contributed by atoms with Gasteiger partial charge >= 0.3 is 0 Å². The smallest absolute Gasteiger partial charge is 0.254 e. The fourth-order valence-electron chi connectivity index (χ4n) is 1.94. The van der Waals surface area contributed by atoms with Crippen LogP contribution in [0.2, 0.25) is 0 Å². The van der Waals surface area contributed by atoms with E-state index in [0.717, 1.165) is 31.5 Å². The van der Waals surface area contributed by atoms with Crippen molar-refractivity contribution in [2.24, 2.45) is 0 Å². The number of nitrogens with zero attached hydrogens (tertiary/aromatic N) is 1. The lowest BCUT2D eigenvalue weighted by molar-refractivity contribution is 0.0708. The normalized spacial score (nSPS) is 18.1. The van der Waals surface area contributed by atoms with Gasteiger partial charge in [0, 0.05) is 24.5 Å². The first-order valence-corrected chi connectivity index (χ1v) is 6.24. The summed E-state index contributed by atoms with van der Waals surface area (Å²) in [5.41, 5.74) is 0.836. The number of nitrogens with one attached hydrogen (secondary N) is 1. The third kappa shape index (κ3) is 2.38. The second kappa shape index (κ2) is 4.77. The van der Waals surface area contributed by atoms with Crippen molar-refractivity contribution in [1.29, 1.82) is 0 Å². The molecule has 0 aliphatic carbocycles. The van der Waals surface area contributed by atoms with E-state index < -0.39 is 0 Å². The Hall–Kier alpha value is -0.870. The first-order valence-electron chi connectivity index (χ1n) is 5.30.